The molecule has 2 heterocycles. The Hall–Kier alpha value is -6.01. The van der Waals surface area contributed by atoms with Gasteiger partial charge in [-0.25, -0.2) is 0 Å². The van der Waals surface area contributed by atoms with Crippen LogP contribution in [0.15, 0.2) is 115 Å². The average Bonchev–Trinajstić information content (AvgIpc) is 3.65. The van der Waals surface area contributed by atoms with Crippen LogP contribution in [0, 0.1) is 11.3 Å². The maximum absolute atomic E-state index is 14.4. The third-order valence-corrected chi connectivity index (χ3v) is 10.7. The maximum Gasteiger partial charge on any atom is 0.416 e. The van der Waals surface area contributed by atoms with Gasteiger partial charge in [-0.1, -0.05) is 90.1 Å². The van der Waals surface area contributed by atoms with Gasteiger partial charge in [0.2, 0.25) is 0 Å². The molecular formula is C47H37F6N3. The van der Waals surface area contributed by atoms with Gasteiger partial charge in [0.15, 0.2) is 0 Å². The van der Waals surface area contributed by atoms with Crippen molar-refractivity contribution in [2.24, 2.45) is 0 Å². The molecule has 0 bridgehead atoms. The predicted octanol–water partition coefficient (Wildman–Crippen LogP) is 14.1. The summed E-state index contributed by atoms with van der Waals surface area (Å²) in [4.78, 5) is 0. The van der Waals surface area contributed by atoms with E-state index in [0.717, 1.165) is 55.8 Å². The molecule has 3 nitrogen and oxygen atoms in total. The summed E-state index contributed by atoms with van der Waals surface area (Å²) in [6.45, 7) is 12.6. The van der Waals surface area contributed by atoms with E-state index in [1.165, 1.54) is 0 Å². The van der Waals surface area contributed by atoms with Crippen LogP contribution in [0.2, 0.25) is 0 Å². The van der Waals surface area contributed by atoms with Gasteiger partial charge in [0.25, 0.3) is 0 Å². The van der Waals surface area contributed by atoms with Crippen LogP contribution in [-0.2, 0) is 23.2 Å². The highest BCUT2D eigenvalue weighted by atomic mass is 19.4. The number of hydrogen-bond acceptors (Lipinski definition) is 1. The van der Waals surface area contributed by atoms with Crippen LogP contribution < -0.4 is 0 Å². The first-order chi connectivity index (χ1) is 26.3. The van der Waals surface area contributed by atoms with Crippen LogP contribution in [-0.4, -0.2) is 9.13 Å². The van der Waals surface area contributed by atoms with E-state index in [9.17, 15) is 31.6 Å². The molecule has 6 aromatic carbocycles. The number of alkyl halides is 6. The summed E-state index contributed by atoms with van der Waals surface area (Å²) in [5, 5.41) is 14.4. The molecule has 0 unspecified atom stereocenters. The first-order valence-electron chi connectivity index (χ1n) is 18.2. The first-order valence-corrected chi connectivity index (χ1v) is 18.2. The molecule has 2 aromatic heterocycles. The van der Waals surface area contributed by atoms with Crippen molar-refractivity contribution >= 4 is 43.6 Å². The molecule has 0 atom stereocenters. The minimum absolute atomic E-state index is 0.0930. The van der Waals surface area contributed by atoms with Crippen LogP contribution in [0.25, 0.3) is 66.1 Å². The normalized spacial score (nSPS) is 13.0. The summed E-state index contributed by atoms with van der Waals surface area (Å²) in [6, 6.07) is 34.3. The standard InChI is InChI=1S/C47H37F6N3/c1-44(2,3)29-15-17-40-36(23-29)33-11-7-9-13-38(33)55(40)42-25-35(27-19-31(46(48,49)50)22-32(20-27)47(51,52)53)43(21-28(42)26-54)56-39-14-10-8-12-34(39)37-24-30(45(4,5)6)16-18-41(37)56/h7-25H,1-6H3. The van der Waals surface area contributed by atoms with Crippen LogP contribution in [0.1, 0.15) is 69.4 Å². The van der Waals surface area contributed by atoms with E-state index in [4.69, 9.17) is 0 Å². The molecule has 8 rings (SSSR count). The van der Waals surface area contributed by atoms with Crippen molar-refractivity contribution in [3.05, 3.63) is 143 Å². The highest BCUT2D eigenvalue weighted by Crippen LogP contribution is 2.45. The van der Waals surface area contributed by atoms with Crippen LogP contribution in [0.5, 0.6) is 0 Å². The number of para-hydroxylation sites is 2. The number of fused-ring (bicyclic) bond motifs is 6. The van der Waals surface area contributed by atoms with E-state index < -0.39 is 23.5 Å². The van der Waals surface area contributed by atoms with Gasteiger partial charge in [0.1, 0.15) is 6.07 Å². The smallest absolute Gasteiger partial charge is 0.309 e. The number of hydrogen-bond donors (Lipinski definition) is 0. The fraction of sp³-hybridized carbons (Fsp3) is 0.213. The SMILES string of the molecule is CC(C)(C)c1ccc2c(c1)c1ccccc1n2-c1cc(-c2cc(C(F)(F)F)cc(C(F)(F)F)c2)c(-n2c3ccccc3c3cc(C(C)(C)C)ccc32)cc1C#N. The zero-order chi connectivity index (χ0) is 40.1. The van der Waals surface area contributed by atoms with Gasteiger partial charge in [-0.3, -0.25) is 0 Å². The highest BCUT2D eigenvalue weighted by molar-refractivity contribution is 6.11. The molecule has 56 heavy (non-hydrogen) atoms. The lowest BCUT2D eigenvalue weighted by molar-refractivity contribution is -0.143. The summed E-state index contributed by atoms with van der Waals surface area (Å²) in [7, 11) is 0. The third kappa shape index (κ3) is 6.08. The van der Waals surface area contributed by atoms with E-state index in [1.807, 2.05) is 81.9 Å². The average molecular weight is 758 g/mol. The Balaban J connectivity index is 1.54. The number of rotatable bonds is 3. The minimum Gasteiger partial charge on any atom is -0.309 e. The topological polar surface area (TPSA) is 33.6 Å². The predicted molar refractivity (Wildman–Crippen MR) is 213 cm³/mol. The zero-order valence-electron chi connectivity index (χ0n) is 31.6. The van der Waals surface area contributed by atoms with Gasteiger partial charge in [-0.2, -0.15) is 31.6 Å². The largest absolute Gasteiger partial charge is 0.416 e. The molecule has 0 saturated carbocycles. The number of benzene rings is 6. The van der Waals surface area contributed by atoms with Gasteiger partial charge in [-0.05, 0) is 94.3 Å². The van der Waals surface area contributed by atoms with Gasteiger partial charge in [-0.15, -0.1) is 0 Å². The first kappa shape index (κ1) is 36.9. The van der Waals surface area contributed by atoms with Crippen molar-refractivity contribution in [2.75, 3.05) is 0 Å². The lowest BCUT2D eigenvalue weighted by Gasteiger charge is -2.21. The fourth-order valence-electron chi connectivity index (χ4n) is 7.78. The molecule has 0 aliphatic carbocycles. The number of nitriles is 1. The molecular weight excluding hydrogens is 721 g/mol. The van der Waals surface area contributed by atoms with Crippen LogP contribution in [0.3, 0.4) is 0 Å². The Kier molecular flexibility index (Phi) is 8.25. The summed E-state index contributed by atoms with van der Waals surface area (Å²) < 4.78 is 90.4. The number of nitrogens with zero attached hydrogens (tertiary/aromatic N) is 3. The molecule has 0 radical (unpaired) electrons. The van der Waals surface area contributed by atoms with Gasteiger partial charge < -0.3 is 9.13 Å². The summed E-state index contributed by atoms with van der Waals surface area (Å²) in [5.41, 5.74) is 2.30. The Labute approximate surface area is 320 Å². The molecule has 0 saturated heterocycles. The molecule has 0 amide bonds. The Morgan fingerprint density at radius 1 is 0.446 bits per heavy atom. The fourth-order valence-corrected chi connectivity index (χ4v) is 7.78. The van der Waals surface area contributed by atoms with E-state index in [2.05, 4.69) is 59.7 Å². The Morgan fingerprint density at radius 2 is 0.875 bits per heavy atom. The second-order valence-corrected chi connectivity index (χ2v) is 16.5. The molecule has 0 fully saturated rings. The lowest BCUT2D eigenvalue weighted by atomic mass is 9.86. The molecule has 9 heteroatoms. The van der Waals surface area contributed by atoms with E-state index >= 15 is 0 Å². The van der Waals surface area contributed by atoms with Gasteiger partial charge in [0.05, 0.1) is 50.1 Å². The van der Waals surface area contributed by atoms with Crippen LogP contribution >= 0.6 is 0 Å². The Morgan fingerprint density at radius 3 is 1.30 bits per heavy atom. The molecule has 0 aliphatic heterocycles. The summed E-state index contributed by atoms with van der Waals surface area (Å²) in [5.74, 6) is 0. The van der Waals surface area contributed by atoms with Gasteiger partial charge >= 0.3 is 12.4 Å². The second-order valence-electron chi connectivity index (χ2n) is 16.5. The maximum atomic E-state index is 14.4. The van der Waals surface area contributed by atoms with Crippen molar-refractivity contribution in [1.82, 2.24) is 9.13 Å². The number of halogens is 6. The minimum atomic E-state index is -5.07. The van der Waals surface area contributed by atoms with E-state index in [0.29, 0.717) is 16.7 Å². The van der Waals surface area contributed by atoms with Crippen molar-refractivity contribution in [3.8, 4) is 28.6 Å². The molecule has 0 spiro atoms. The van der Waals surface area contributed by atoms with E-state index in [-0.39, 0.29) is 39.3 Å². The summed E-state index contributed by atoms with van der Waals surface area (Å²) in [6.07, 6.45) is -10.1. The van der Waals surface area contributed by atoms with Gasteiger partial charge in [0, 0.05) is 27.1 Å². The third-order valence-electron chi connectivity index (χ3n) is 10.7. The quantitative estimate of drug-likeness (QED) is 0.165. The van der Waals surface area contributed by atoms with Crippen molar-refractivity contribution in [2.45, 2.75) is 64.7 Å². The molecule has 282 valence electrons. The number of aromatic nitrogens is 2. The molecule has 0 aliphatic rings. The van der Waals surface area contributed by atoms with Crippen molar-refractivity contribution in [1.29, 1.82) is 5.26 Å². The Bertz CT molecular complexity index is 2890. The highest BCUT2D eigenvalue weighted by Gasteiger charge is 2.37. The lowest BCUT2D eigenvalue weighted by Crippen LogP contribution is -2.12. The van der Waals surface area contributed by atoms with E-state index in [1.54, 1.807) is 12.1 Å². The van der Waals surface area contributed by atoms with Crippen LogP contribution in [0.4, 0.5) is 26.3 Å². The van der Waals surface area contributed by atoms with Crippen molar-refractivity contribution < 1.29 is 26.3 Å². The monoisotopic (exact) mass is 757 g/mol. The second kappa shape index (κ2) is 12.5. The summed E-state index contributed by atoms with van der Waals surface area (Å²) >= 11 is 0. The zero-order valence-corrected chi connectivity index (χ0v) is 31.6. The van der Waals surface area contributed by atoms with Crippen molar-refractivity contribution in [3.63, 3.8) is 0 Å². The molecule has 8 aromatic rings. The molecule has 0 N–H and O–H groups in total.